The van der Waals surface area contributed by atoms with Crippen LogP contribution in [-0.2, 0) is 11.3 Å². The zero-order valence-electron chi connectivity index (χ0n) is 16.4. The van der Waals surface area contributed by atoms with Gasteiger partial charge >= 0.3 is 5.97 Å². The van der Waals surface area contributed by atoms with Crippen LogP contribution in [0.15, 0.2) is 48.7 Å². The van der Waals surface area contributed by atoms with Crippen LogP contribution in [0, 0.1) is 6.92 Å². The van der Waals surface area contributed by atoms with Gasteiger partial charge in [-0.25, -0.2) is 4.79 Å². The van der Waals surface area contributed by atoms with Crippen LogP contribution < -0.4 is 9.47 Å². The molecule has 5 heteroatoms. The van der Waals surface area contributed by atoms with Crippen LogP contribution in [0.2, 0.25) is 0 Å². The third-order valence-corrected chi connectivity index (χ3v) is 5.40. The van der Waals surface area contributed by atoms with Crippen molar-refractivity contribution >= 4 is 27.6 Å². The molecule has 0 bridgehead atoms. The lowest BCUT2D eigenvalue weighted by Crippen LogP contribution is -2.00. The van der Waals surface area contributed by atoms with Gasteiger partial charge in [-0.3, -0.25) is 4.98 Å². The molecule has 1 aliphatic heterocycles. The number of benzene rings is 3. The fraction of sp³-hybridized carbons (Fsp3) is 0.167. The van der Waals surface area contributed by atoms with Crippen molar-refractivity contribution in [3.8, 4) is 22.6 Å². The summed E-state index contributed by atoms with van der Waals surface area (Å²) in [6, 6.07) is 14.0. The standard InChI is InChI=1S/C24H19NO4/c1-13-6-16-7-14(4-5-19(16)25-11-13)22-18-10-21(28-3)20(27-2)9-15(18)8-17-12-29-24(26)23(17)22/h4-11H,12H2,1-3H3. The molecule has 0 N–H and O–H groups in total. The van der Waals surface area contributed by atoms with E-state index in [0.29, 0.717) is 17.1 Å². The summed E-state index contributed by atoms with van der Waals surface area (Å²) in [7, 11) is 3.22. The number of aryl methyl sites for hydroxylation is 1. The second-order valence-corrected chi connectivity index (χ2v) is 7.21. The highest BCUT2D eigenvalue weighted by Crippen LogP contribution is 2.42. The molecule has 0 atom stereocenters. The Bertz CT molecular complexity index is 1310. The predicted molar refractivity (Wildman–Crippen MR) is 112 cm³/mol. The minimum absolute atomic E-state index is 0.277. The Kier molecular flexibility index (Phi) is 3.91. The molecule has 29 heavy (non-hydrogen) atoms. The van der Waals surface area contributed by atoms with Crippen molar-refractivity contribution in [2.75, 3.05) is 14.2 Å². The largest absolute Gasteiger partial charge is 0.493 e. The van der Waals surface area contributed by atoms with Crippen molar-refractivity contribution in [3.05, 3.63) is 65.4 Å². The topological polar surface area (TPSA) is 57.7 Å². The molecule has 144 valence electrons. The number of carbonyl (C=O) groups excluding carboxylic acids is 1. The number of fused-ring (bicyclic) bond motifs is 3. The van der Waals surface area contributed by atoms with Crippen molar-refractivity contribution in [1.29, 1.82) is 0 Å². The summed E-state index contributed by atoms with van der Waals surface area (Å²) in [5.41, 5.74) is 5.29. The lowest BCUT2D eigenvalue weighted by Gasteiger charge is -2.15. The number of esters is 1. The van der Waals surface area contributed by atoms with Gasteiger partial charge in [-0.15, -0.1) is 0 Å². The Morgan fingerprint density at radius 3 is 2.52 bits per heavy atom. The molecule has 0 aliphatic carbocycles. The molecule has 0 amide bonds. The maximum absolute atomic E-state index is 12.6. The SMILES string of the molecule is COc1cc2cc3c(c(-c4ccc5ncc(C)cc5c4)c2cc1OC)C(=O)OC3. The van der Waals surface area contributed by atoms with E-state index in [1.807, 2.05) is 43.5 Å². The smallest absolute Gasteiger partial charge is 0.339 e. The minimum Gasteiger partial charge on any atom is -0.493 e. The molecule has 5 rings (SSSR count). The number of methoxy groups -OCH3 is 2. The van der Waals surface area contributed by atoms with E-state index in [0.717, 1.165) is 43.9 Å². The molecule has 0 radical (unpaired) electrons. The second-order valence-electron chi connectivity index (χ2n) is 7.21. The first-order chi connectivity index (χ1) is 14.1. The number of hydrogen-bond donors (Lipinski definition) is 0. The minimum atomic E-state index is -0.297. The van der Waals surface area contributed by atoms with E-state index in [2.05, 4.69) is 17.1 Å². The third kappa shape index (κ3) is 2.70. The lowest BCUT2D eigenvalue weighted by atomic mass is 9.89. The van der Waals surface area contributed by atoms with Crippen LogP contribution >= 0.6 is 0 Å². The summed E-state index contributed by atoms with van der Waals surface area (Å²) >= 11 is 0. The Morgan fingerprint density at radius 2 is 1.72 bits per heavy atom. The Morgan fingerprint density at radius 1 is 0.931 bits per heavy atom. The molecule has 3 aromatic carbocycles. The number of pyridine rings is 1. The second kappa shape index (κ2) is 6.48. The monoisotopic (exact) mass is 385 g/mol. The van der Waals surface area contributed by atoms with Crippen molar-refractivity contribution in [3.63, 3.8) is 0 Å². The zero-order chi connectivity index (χ0) is 20.1. The van der Waals surface area contributed by atoms with Crippen molar-refractivity contribution in [2.45, 2.75) is 13.5 Å². The van der Waals surface area contributed by atoms with E-state index in [-0.39, 0.29) is 12.6 Å². The fourth-order valence-electron chi connectivity index (χ4n) is 4.05. The lowest BCUT2D eigenvalue weighted by molar-refractivity contribution is 0.0535. The van der Waals surface area contributed by atoms with Gasteiger partial charge in [-0.05, 0) is 65.2 Å². The summed E-state index contributed by atoms with van der Waals surface area (Å²) in [5.74, 6) is 0.967. The third-order valence-electron chi connectivity index (χ3n) is 5.40. The van der Waals surface area contributed by atoms with Gasteiger partial charge in [0, 0.05) is 22.7 Å². The molecule has 0 saturated heterocycles. The molecule has 1 aliphatic rings. The number of hydrogen-bond acceptors (Lipinski definition) is 5. The number of cyclic esters (lactones) is 1. The Balaban J connectivity index is 1.88. The number of aromatic nitrogens is 1. The maximum Gasteiger partial charge on any atom is 0.339 e. The van der Waals surface area contributed by atoms with Crippen LogP contribution in [-0.4, -0.2) is 25.2 Å². The fourth-order valence-corrected chi connectivity index (χ4v) is 4.05. The van der Waals surface area contributed by atoms with E-state index in [4.69, 9.17) is 14.2 Å². The molecular weight excluding hydrogens is 366 g/mol. The number of carbonyl (C=O) groups is 1. The molecule has 2 heterocycles. The molecule has 5 nitrogen and oxygen atoms in total. The Hall–Kier alpha value is -3.60. The van der Waals surface area contributed by atoms with Gasteiger partial charge in [-0.2, -0.15) is 0 Å². The summed E-state index contributed by atoms with van der Waals surface area (Å²) in [6.45, 7) is 2.29. The van der Waals surface area contributed by atoms with E-state index >= 15 is 0 Å². The van der Waals surface area contributed by atoms with E-state index in [1.165, 1.54) is 0 Å². The van der Waals surface area contributed by atoms with Gasteiger partial charge in [0.1, 0.15) is 6.61 Å². The van der Waals surface area contributed by atoms with Crippen LogP contribution in [0.1, 0.15) is 21.5 Å². The van der Waals surface area contributed by atoms with E-state index in [9.17, 15) is 4.79 Å². The van der Waals surface area contributed by atoms with Gasteiger partial charge in [0.2, 0.25) is 0 Å². The van der Waals surface area contributed by atoms with Crippen LogP contribution in [0.4, 0.5) is 0 Å². The van der Waals surface area contributed by atoms with Gasteiger partial charge in [-0.1, -0.05) is 6.07 Å². The summed E-state index contributed by atoms with van der Waals surface area (Å²) in [5, 5.41) is 2.91. The van der Waals surface area contributed by atoms with Crippen molar-refractivity contribution in [2.24, 2.45) is 0 Å². The van der Waals surface area contributed by atoms with Crippen LogP contribution in [0.3, 0.4) is 0 Å². The highest BCUT2D eigenvalue weighted by Gasteiger charge is 2.28. The van der Waals surface area contributed by atoms with Gasteiger partial charge < -0.3 is 14.2 Å². The molecule has 1 aromatic heterocycles. The molecule has 0 saturated carbocycles. The Labute approximate surface area is 167 Å². The highest BCUT2D eigenvalue weighted by molar-refractivity contribution is 6.12. The summed E-state index contributed by atoms with van der Waals surface area (Å²) in [6.07, 6.45) is 1.85. The molecule has 0 spiro atoms. The number of ether oxygens (including phenoxy) is 3. The predicted octanol–water partition coefficient (Wildman–Crippen LogP) is 5.05. The molecule has 4 aromatic rings. The average molecular weight is 385 g/mol. The average Bonchev–Trinajstić information content (AvgIpc) is 3.10. The van der Waals surface area contributed by atoms with Gasteiger partial charge in [0.25, 0.3) is 0 Å². The number of nitrogens with zero attached hydrogens (tertiary/aromatic N) is 1. The number of rotatable bonds is 3. The highest BCUT2D eigenvalue weighted by atomic mass is 16.5. The van der Waals surface area contributed by atoms with Crippen LogP contribution in [0.25, 0.3) is 32.8 Å². The molecular formula is C24H19NO4. The van der Waals surface area contributed by atoms with Crippen molar-refractivity contribution < 1.29 is 19.0 Å². The first-order valence-electron chi connectivity index (χ1n) is 9.34. The molecule has 0 fully saturated rings. The normalized spacial score (nSPS) is 12.9. The maximum atomic E-state index is 12.6. The van der Waals surface area contributed by atoms with E-state index in [1.54, 1.807) is 14.2 Å². The zero-order valence-corrected chi connectivity index (χ0v) is 16.4. The van der Waals surface area contributed by atoms with Gasteiger partial charge in [0.05, 0.1) is 25.3 Å². The first kappa shape index (κ1) is 17.5. The summed E-state index contributed by atoms with van der Waals surface area (Å²) in [4.78, 5) is 17.1. The summed E-state index contributed by atoms with van der Waals surface area (Å²) < 4.78 is 16.3. The molecule has 0 unspecified atom stereocenters. The van der Waals surface area contributed by atoms with Gasteiger partial charge in [0.15, 0.2) is 11.5 Å². The van der Waals surface area contributed by atoms with Crippen LogP contribution in [0.5, 0.6) is 11.5 Å². The first-order valence-corrected chi connectivity index (χ1v) is 9.34. The van der Waals surface area contributed by atoms with E-state index < -0.39 is 0 Å². The quantitative estimate of drug-likeness (QED) is 0.462. The van der Waals surface area contributed by atoms with Crippen molar-refractivity contribution in [1.82, 2.24) is 4.98 Å².